The third kappa shape index (κ3) is 4.20. The Morgan fingerprint density at radius 3 is 2.94 bits per heavy atom. The lowest BCUT2D eigenvalue weighted by Gasteiger charge is -2.26. The van der Waals surface area contributed by atoms with Crippen molar-refractivity contribution < 1.29 is 9.47 Å². The highest BCUT2D eigenvalue weighted by atomic mass is 16.5. The lowest BCUT2D eigenvalue weighted by Crippen LogP contribution is -2.37. The van der Waals surface area contributed by atoms with Crippen molar-refractivity contribution in [3.8, 4) is 5.75 Å². The molecule has 1 fully saturated rings. The minimum atomic E-state index is 0.768. The van der Waals surface area contributed by atoms with Crippen LogP contribution >= 0.6 is 0 Å². The standard InChI is InChI=1S/C14H22N2O2/c1-15-13-4-2-5-14(12-13)18-9-3-6-16-7-10-17-11-8-16/h2,4-5,12,15H,3,6-11H2,1H3. The van der Waals surface area contributed by atoms with E-state index in [9.17, 15) is 0 Å². The van der Waals surface area contributed by atoms with Crippen LogP contribution in [0.5, 0.6) is 5.75 Å². The van der Waals surface area contributed by atoms with Crippen LogP contribution in [0.2, 0.25) is 0 Å². The van der Waals surface area contributed by atoms with Gasteiger partial charge < -0.3 is 14.8 Å². The van der Waals surface area contributed by atoms with Crippen LogP contribution in [0.15, 0.2) is 24.3 Å². The zero-order valence-electron chi connectivity index (χ0n) is 11.0. The molecule has 1 aliphatic heterocycles. The summed E-state index contributed by atoms with van der Waals surface area (Å²) in [7, 11) is 1.91. The molecule has 2 rings (SSSR count). The number of anilines is 1. The topological polar surface area (TPSA) is 33.7 Å². The van der Waals surface area contributed by atoms with E-state index in [4.69, 9.17) is 9.47 Å². The van der Waals surface area contributed by atoms with E-state index in [1.165, 1.54) is 0 Å². The molecule has 0 radical (unpaired) electrons. The second kappa shape index (κ2) is 7.24. The van der Waals surface area contributed by atoms with Crippen molar-refractivity contribution in [2.45, 2.75) is 6.42 Å². The van der Waals surface area contributed by atoms with Crippen molar-refractivity contribution in [3.63, 3.8) is 0 Å². The molecule has 1 aromatic carbocycles. The number of hydrogen-bond acceptors (Lipinski definition) is 4. The normalized spacial score (nSPS) is 16.5. The molecule has 4 heteroatoms. The summed E-state index contributed by atoms with van der Waals surface area (Å²) in [5, 5.41) is 3.11. The van der Waals surface area contributed by atoms with Crippen LogP contribution in [0.3, 0.4) is 0 Å². The van der Waals surface area contributed by atoms with Gasteiger partial charge in [-0.25, -0.2) is 0 Å². The van der Waals surface area contributed by atoms with Crippen molar-refractivity contribution in [2.75, 3.05) is 51.8 Å². The van der Waals surface area contributed by atoms with Gasteiger partial charge in [-0.2, -0.15) is 0 Å². The van der Waals surface area contributed by atoms with Gasteiger partial charge in [0.1, 0.15) is 5.75 Å². The lowest BCUT2D eigenvalue weighted by molar-refractivity contribution is 0.0358. The third-order valence-corrected chi connectivity index (χ3v) is 3.11. The van der Waals surface area contributed by atoms with Gasteiger partial charge >= 0.3 is 0 Å². The van der Waals surface area contributed by atoms with Gasteiger partial charge in [-0.05, 0) is 18.6 Å². The fourth-order valence-electron chi connectivity index (χ4n) is 2.04. The van der Waals surface area contributed by atoms with E-state index in [0.29, 0.717) is 0 Å². The Labute approximate surface area is 109 Å². The van der Waals surface area contributed by atoms with Crippen molar-refractivity contribution in [1.82, 2.24) is 4.90 Å². The summed E-state index contributed by atoms with van der Waals surface area (Å²) >= 11 is 0. The van der Waals surface area contributed by atoms with E-state index < -0.39 is 0 Å². The summed E-state index contributed by atoms with van der Waals surface area (Å²) in [6, 6.07) is 8.05. The zero-order valence-corrected chi connectivity index (χ0v) is 11.0. The summed E-state index contributed by atoms with van der Waals surface area (Å²) in [6.07, 6.45) is 1.06. The number of morpholine rings is 1. The van der Waals surface area contributed by atoms with Crippen LogP contribution in [-0.2, 0) is 4.74 Å². The van der Waals surface area contributed by atoms with E-state index in [1.54, 1.807) is 0 Å². The van der Waals surface area contributed by atoms with Gasteiger partial charge in [0.25, 0.3) is 0 Å². The monoisotopic (exact) mass is 250 g/mol. The van der Waals surface area contributed by atoms with Crippen molar-refractivity contribution >= 4 is 5.69 Å². The largest absolute Gasteiger partial charge is 0.493 e. The molecule has 0 unspecified atom stereocenters. The van der Waals surface area contributed by atoms with Gasteiger partial charge in [0.2, 0.25) is 0 Å². The maximum absolute atomic E-state index is 5.74. The van der Waals surface area contributed by atoms with Gasteiger partial charge in [0, 0.05) is 38.4 Å². The van der Waals surface area contributed by atoms with E-state index in [-0.39, 0.29) is 0 Å². The Balaban J connectivity index is 1.65. The predicted molar refractivity (Wildman–Crippen MR) is 73.4 cm³/mol. The number of ether oxygens (including phenoxy) is 2. The molecule has 0 bridgehead atoms. The number of nitrogens with zero attached hydrogens (tertiary/aromatic N) is 1. The molecule has 4 nitrogen and oxygen atoms in total. The van der Waals surface area contributed by atoms with Crippen LogP contribution in [0.1, 0.15) is 6.42 Å². The van der Waals surface area contributed by atoms with Crippen LogP contribution in [-0.4, -0.2) is 51.4 Å². The number of hydrogen-bond donors (Lipinski definition) is 1. The first-order valence-corrected chi connectivity index (χ1v) is 6.59. The average molecular weight is 250 g/mol. The molecule has 1 aromatic rings. The molecule has 18 heavy (non-hydrogen) atoms. The summed E-state index contributed by atoms with van der Waals surface area (Å²) in [5.74, 6) is 0.934. The number of rotatable bonds is 6. The Morgan fingerprint density at radius 1 is 1.33 bits per heavy atom. The van der Waals surface area contributed by atoms with Crippen LogP contribution in [0, 0.1) is 0 Å². The van der Waals surface area contributed by atoms with Gasteiger partial charge in [0.05, 0.1) is 19.8 Å². The Morgan fingerprint density at radius 2 is 2.17 bits per heavy atom. The van der Waals surface area contributed by atoms with E-state index in [1.807, 2.05) is 31.3 Å². The summed E-state index contributed by atoms with van der Waals surface area (Å²) in [4.78, 5) is 2.43. The first kappa shape index (κ1) is 13.2. The van der Waals surface area contributed by atoms with Gasteiger partial charge in [-0.15, -0.1) is 0 Å². The Hall–Kier alpha value is -1.26. The Kier molecular flexibility index (Phi) is 5.30. The maximum atomic E-state index is 5.74. The zero-order chi connectivity index (χ0) is 12.6. The van der Waals surface area contributed by atoms with Gasteiger partial charge in [-0.3, -0.25) is 4.90 Å². The lowest BCUT2D eigenvalue weighted by atomic mass is 10.3. The minimum absolute atomic E-state index is 0.768. The summed E-state index contributed by atoms with van der Waals surface area (Å²) < 4.78 is 11.1. The highest BCUT2D eigenvalue weighted by molar-refractivity contribution is 5.47. The SMILES string of the molecule is CNc1cccc(OCCCN2CCOCC2)c1. The van der Waals surface area contributed by atoms with Gasteiger partial charge in [-0.1, -0.05) is 6.07 Å². The molecule has 0 amide bonds. The van der Waals surface area contributed by atoms with Gasteiger partial charge in [0.15, 0.2) is 0 Å². The molecule has 1 aliphatic rings. The predicted octanol–water partition coefficient (Wildman–Crippen LogP) is 1.83. The summed E-state index contributed by atoms with van der Waals surface area (Å²) in [5.41, 5.74) is 1.08. The quantitative estimate of drug-likeness (QED) is 0.781. The first-order chi connectivity index (χ1) is 8.88. The smallest absolute Gasteiger partial charge is 0.121 e. The summed E-state index contributed by atoms with van der Waals surface area (Å²) in [6.45, 7) is 5.69. The van der Waals surface area contributed by atoms with Crippen molar-refractivity contribution in [1.29, 1.82) is 0 Å². The minimum Gasteiger partial charge on any atom is -0.493 e. The van der Waals surface area contributed by atoms with Crippen molar-refractivity contribution in [3.05, 3.63) is 24.3 Å². The second-order valence-electron chi connectivity index (χ2n) is 4.43. The van der Waals surface area contributed by atoms with Crippen LogP contribution < -0.4 is 10.1 Å². The maximum Gasteiger partial charge on any atom is 0.121 e. The molecule has 0 spiro atoms. The molecule has 0 atom stereocenters. The molecule has 100 valence electrons. The fourth-order valence-corrected chi connectivity index (χ4v) is 2.04. The van der Waals surface area contributed by atoms with Crippen LogP contribution in [0.25, 0.3) is 0 Å². The van der Waals surface area contributed by atoms with Crippen LogP contribution in [0.4, 0.5) is 5.69 Å². The highest BCUT2D eigenvalue weighted by Crippen LogP contribution is 2.16. The molecule has 0 aromatic heterocycles. The van der Waals surface area contributed by atoms with E-state index in [2.05, 4.69) is 10.2 Å². The molecular weight excluding hydrogens is 228 g/mol. The fraction of sp³-hybridized carbons (Fsp3) is 0.571. The second-order valence-corrected chi connectivity index (χ2v) is 4.43. The number of nitrogens with one attached hydrogen (secondary N) is 1. The Bertz CT molecular complexity index is 351. The number of benzene rings is 1. The van der Waals surface area contributed by atoms with E-state index >= 15 is 0 Å². The molecule has 0 aliphatic carbocycles. The molecule has 1 N–H and O–H groups in total. The van der Waals surface area contributed by atoms with E-state index in [0.717, 1.165) is 57.3 Å². The molecular formula is C14H22N2O2. The molecule has 1 saturated heterocycles. The molecule has 0 saturated carbocycles. The van der Waals surface area contributed by atoms with Crippen molar-refractivity contribution in [2.24, 2.45) is 0 Å². The first-order valence-electron chi connectivity index (χ1n) is 6.59. The highest BCUT2D eigenvalue weighted by Gasteiger charge is 2.09. The average Bonchev–Trinajstić information content (AvgIpc) is 2.45. The molecule has 1 heterocycles. The third-order valence-electron chi connectivity index (χ3n) is 3.11.